The summed E-state index contributed by atoms with van der Waals surface area (Å²) in [6.07, 6.45) is 0.0527. The van der Waals surface area contributed by atoms with Gasteiger partial charge in [-0.15, -0.1) is 0 Å². The van der Waals surface area contributed by atoms with E-state index >= 15 is 0 Å². The lowest BCUT2D eigenvalue weighted by atomic mass is 9.87. The molecule has 0 atom stereocenters. The van der Waals surface area contributed by atoms with Crippen molar-refractivity contribution in [3.8, 4) is 11.8 Å². The number of nitriles is 1. The molecular weight excluding hydrogens is 394 g/mol. The standard InChI is InChI=1S/C24H25N3O4/c1-24(2,3)17-8-10-18(11-9-17)30-15-12-22(28)31-16-21-26-20-7-5-4-6-19(20)23(29)27(21)14-13-25/h4-11H,12,14-16H2,1-3H3. The van der Waals surface area contributed by atoms with Gasteiger partial charge in [0.25, 0.3) is 5.56 Å². The Hall–Kier alpha value is -3.66. The quantitative estimate of drug-likeness (QED) is 0.542. The maximum absolute atomic E-state index is 12.6. The van der Waals surface area contributed by atoms with Gasteiger partial charge in [0.15, 0.2) is 5.82 Å². The highest BCUT2D eigenvalue weighted by molar-refractivity contribution is 5.77. The van der Waals surface area contributed by atoms with Gasteiger partial charge in [-0.25, -0.2) is 4.98 Å². The van der Waals surface area contributed by atoms with Crippen LogP contribution in [0.25, 0.3) is 10.9 Å². The van der Waals surface area contributed by atoms with Gasteiger partial charge in [-0.1, -0.05) is 45.0 Å². The lowest BCUT2D eigenvalue weighted by molar-refractivity contribution is -0.145. The highest BCUT2D eigenvalue weighted by Gasteiger charge is 2.14. The molecule has 0 saturated heterocycles. The van der Waals surface area contributed by atoms with Crippen LogP contribution in [0.1, 0.15) is 38.6 Å². The van der Waals surface area contributed by atoms with Crippen LogP contribution in [0, 0.1) is 11.3 Å². The molecule has 0 bridgehead atoms. The van der Waals surface area contributed by atoms with E-state index in [0.717, 1.165) is 0 Å². The minimum absolute atomic E-state index is 0.0527. The SMILES string of the molecule is CC(C)(C)c1ccc(OCCC(=O)OCc2nc3ccccc3c(=O)n2CC#N)cc1. The summed E-state index contributed by atoms with van der Waals surface area (Å²) < 4.78 is 12.1. The van der Waals surface area contributed by atoms with Gasteiger partial charge in [-0.05, 0) is 35.2 Å². The van der Waals surface area contributed by atoms with Gasteiger partial charge in [0, 0.05) is 0 Å². The Morgan fingerprint density at radius 2 is 1.84 bits per heavy atom. The molecule has 0 N–H and O–H groups in total. The van der Waals surface area contributed by atoms with Gasteiger partial charge in [0.2, 0.25) is 0 Å². The third-order valence-electron chi connectivity index (χ3n) is 4.83. The molecule has 1 aromatic heterocycles. The molecule has 0 radical (unpaired) electrons. The van der Waals surface area contributed by atoms with E-state index in [2.05, 4.69) is 25.8 Å². The summed E-state index contributed by atoms with van der Waals surface area (Å²) in [5.74, 6) is 0.439. The first-order valence-corrected chi connectivity index (χ1v) is 10.0. The maximum Gasteiger partial charge on any atom is 0.309 e. The van der Waals surface area contributed by atoms with Gasteiger partial charge in [0.05, 0.1) is 30.0 Å². The molecule has 0 amide bonds. The van der Waals surface area contributed by atoms with Crippen molar-refractivity contribution >= 4 is 16.9 Å². The first-order chi connectivity index (χ1) is 14.8. The predicted molar refractivity (Wildman–Crippen MR) is 117 cm³/mol. The molecule has 0 fully saturated rings. The zero-order chi connectivity index (χ0) is 22.4. The van der Waals surface area contributed by atoms with Crippen molar-refractivity contribution in [1.82, 2.24) is 9.55 Å². The van der Waals surface area contributed by atoms with Crippen LogP contribution in [0.4, 0.5) is 0 Å². The summed E-state index contributed by atoms with van der Waals surface area (Å²) in [5.41, 5.74) is 1.42. The number of hydrogen-bond acceptors (Lipinski definition) is 6. The van der Waals surface area contributed by atoms with Crippen molar-refractivity contribution in [3.05, 3.63) is 70.3 Å². The van der Waals surface area contributed by atoms with Crippen molar-refractivity contribution in [2.75, 3.05) is 6.61 Å². The highest BCUT2D eigenvalue weighted by atomic mass is 16.5. The highest BCUT2D eigenvalue weighted by Crippen LogP contribution is 2.24. The van der Waals surface area contributed by atoms with Crippen LogP contribution in [-0.4, -0.2) is 22.1 Å². The second kappa shape index (κ2) is 9.43. The molecule has 3 rings (SSSR count). The fourth-order valence-electron chi connectivity index (χ4n) is 3.08. The molecule has 0 aliphatic carbocycles. The van der Waals surface area contributed by atoms with Gasteiger partial charge >= 0.3 is 5.97 Å². The molecule has 0 aliphatic heterocycles. The van der Waals surface area contributed by atoms with Crippen molar-refractivity contribution in [2.45, 2.75) is 45.8 Å². The molecule has 160 valence electrons. The number of hydrogen-bond donors (Lipinski definition) is 0. The summed E-state index contributed by atoms with van der Waals surface area (Å²) in [6.45, 7) is 6.22. The van der Waals surface area contributed by atoms with Crippen LogP contribution in [-0.2, 0) is 28.1 Å². The van der Waals surface area contributed by atoms with E-state index in [9.17, 15) is 9.59 Å². The minimum atomic E-state index is -0.475. The van der Waals surface area contributed by atoms with E-state index < -0.39 is 5.97 Å². The average Bonchev–Trinajstić information content (AvgIpc) is 2.74. The summed E-state index contributed by atoms with van der Waals surface area (Å²) >= 11 is 0. The fraction of sp³-hybridized carbons (Fsp3) is 0.333. The Bertz CT molecular complexity index is 1170. The second-order valence-corrected chi connectivity index (χ2v) is 8.13. The van der Waals surface area contributed by atoms with Crippen LogP contribution >= 0.6 is 0 Å². The molecule has 7 nitrogen and oxygen atoms in total. The van der Waals surface area contributed by atoms with E-state index in [1.54, 1.807) is 24.3 Å². The molecular formula is C24H25N3O4. The maximum atomic E-state index is 12.6. The van der Waals surface area contributed by atoms with Crippen molar-refractivity contribution in [2.24, 2.45) is 0 Å². The number of carbonyl (C=O) groups is 1. The van der Waals surface area contributed by atoms with E-state index in [1.807, 2.05) is 30.3 Å². The van der Waals surface area contributed by atoms with Crippen LogP contribution in [0.2, 0.25) is 0 Å². The van der Waals surface area contributed by atoms with Crippen LogP contribution < -0.4 is 10.3 Å². The van der Waals surface area contributed by atoms with E-state index in [-0.39, 0.29) is 43.0 Å². The Morgan fingerprint density at radius 1 is 1.13 bits per heavy atom. The normalized spacial score (nSPS) is 11.2. The zero-order valence-electron chi connectivity index (χ0n) is 17.9. The summed E-state index contributed by atoms with van der Waals surface area (Å²) in [5, 5.41) is 9.46. The van der Waals surface area contributed by atoms with E-state index in [4.69, 9.17) is 14.7 Å². The third-order valence-corrected chi connectivity index (χ3v) is 4.83. The molecule has 1 heterocycles. The number of esters is 1. The third kappa shape index (κ3) is 5.48. The lowest BCUT2D eigenvalue weighted by Crippen LogP contribution is -2.26. The predicted octanol–water partition coefficient (Wildman–Crippen LogP) is 3.73. The lowest BCUT2D eigenvalue weighted by Gasteiger charge is -2.19. The van der Waals surface area contributed by atoms with Crippen molar-refractivity contribution in [1.29, 1.82) is 5.26 Å². The first kappa shape index (κ1) is 22.0. The monoisotopic (exact) mass is 419 g/mol. The Kier molecular flexibility index (Phi) is 6.71. The Balaban J connectivity index is 1.58. The average molecular weight is 419 g/mol. The number of fused-ring (bicyclic) bond motifs is 1. The molecule has 31 heavy (non-hydrogen) atoms. The largest absolute Gasteiger partial charge is 0.493 e. The topological polar surface area (TPSA) is 94.2 Å². The molecule has 3 aromatic rings. The first-order valence-electron chi connectivity index (χ1n) is 10.0. The fourth-order valence-corrected chi connectivity index (χ4v) is 3.08. The van der Waals surface area contributed by atoms with Crippen molar-refractivity contribution < 1.29 is 14.3 Å². The summed E-state index contributed by atoms with van der Waals surface area (Å²) in [7, 11) is 0. The number of nitrogens with zero attached hydrogens (tertiary/aromatic N) is 3. The van der Waals surface area contributed by atoms with Gasteiger partial charge in [-0.3, -0.25) is 14.2 Å². The van der Waals surface area contributed by atoms with Gasteiger partial charge in [-0.2, -0.15) is 5.26 Å². The van der Waals surface area contributed by atoms with E-state index in [1.165, 1.54) is 10.1 Å². The summed E-state index contributed by atoms with van der Waals surface area (Å²) in [6, 6.07) is 16.6. The zero-order valence-corrected chi connectivity index (χ0v) is 17.9. The van der Waals surface area contributed by atoms with Crippen LogP contribution in [0.5, 0.6) is 5.75 Å². The van der Waals surface area contributed by atoms with Crippen molar-refractivity contribution in [3.63, 3.8) is 0 Å². The number of rotatable bonds is 7. The molecule has 0 spiro atoms. The number of aromatic nitrogens is 2. The Morgan fingerprint density at radius 3 is 2.52 bits per heavy atom. The van der Waals surface area contributed by atoms with Crippen LogP contribution in [0.15, 0.2) is 53.3 Å². The Labute approximate surface area is 180 Å². The number of benzene rings is 2. The van der Waals surface area contributed by atoms with Crippen LogP contribution in [0.3, 0.4) is 0 Å². The molecule has 0 aliphatic rings. The van der Waals surface area contributed by atoms with E-state index in [0.29, 0.717) is 16.7 Å². The van der Waals surface area contributed by atoms with Gasteiger partial charge in [0.1, 0.15) is 18.9 Å². The number of ether oxygens (including phenoxy) is 2. The smallest absolute Gasteiger partial charge is 0.309 e. The number of carbonyl (C=O) groups excluding carboxylic acids is 1. The molecule has 0 saturated carbocycles. The molecule has 2 aromatic carbocycles. The number of para-hydroxylation sites is 1. The minimum Gasteiger partial charge on any atom is -0.493 e. The molecule has 7 heteroatoms. The summed E-state index contributed by atoms with van der Waals surface area (Å²) in [4.78, 5) is 29.1. The molecule has 0 unspecified atom stereocenters. The second-order valence-electron chi connectivity index (χ2n) is 8.13. The van der Waals surface area contributed by atoms with Gasteiger partial charge < -0.3 is 9.47 Å².